The maximum atomic E-state index is 13.1. The Labute approximate surface area is 86.0 Å². The van der Waals surface area contributed by atoms with Gasteiger partial charge in [-0.2, -0.15) is 4.39 Å². The molecule has 0 aromatic heterocycles. The number of hydrogen-bond donors (Lipinski definition) is 1. The van der Waals surface area contributed by atoms with Crippen LogP contribution in [0.1, 0.15) is 12.0 Å². The normalized spacial score (nSPS) is 9.20. The Hall–Kier alpha value is -1.93. The molecule has 0 aliphatic carbocycles. The Morgan fingerprint density at radius 3 is 2.80 bits per heavy atom. The zero-order valence-corrected chi connectivity index (χ0v) is 7.87. The second kappa shape index (κ2) is 5.08. The number of hydrogen-bond acceptors (Lipinski definition) is 3. The predicted molar refractivity (Wildman–Crippen MR) is 53.6 cm³/mol. The SMILES string of the molecule is NCCC#Cc1ccc([N+](=O)[O-])c(F)c1. The van der Waals surface area contributed by atoms with Crippen LogP contribution in [0.4, 0.5) is 10.1 Å². The Bertz CT molecular complexity index is 435. The largest absolute Gasteiger partial charge is 0.330 e. The summed E-state index contributed by atoms with van der Waals surface area (Å²) in [6, 6.07) is 3.55. The van der Waals surface area contributed by atoms with E-state index in [0.29, 0.717) is 18.5 Å². The molecule has 0 amide bonds. The number of nitro benzene ring substituents is 1. The molecule has 1 aromatic rings. The molecule has 0 spiro atoms. The molecule has 0 fully saturated rings. The van der Waals surface area contributed by atoms with Crippen molar-refractivity contribution in [1.82, 2.24) is 0 Å². The van der Waals surface area contributed by atoms with Crippen LogP contribution >= 0.6 is 0 Å². The van der Waals surface area contributed by atoms with Gasteiger partial charge in [0.2, 0.25) is 5.82 Å². The lowest BCUT2D eigenvalue weighted by Gasteiger charge is -1.94. The van der Waals surface area contributed by atoms with Crippen LogP contribution in [0.25, 0.3) is 0 Å². The molecule has 0 unspecified atom stereocenters. The highest BCUT2D eigenvalue weighted by Crippen LogP contribution is 2.17. The summed E-state index contributed by atoms with van der Waals surface area (Å²) in [5, 5.41) is 10.3. The second-order valence-corrected chi connectivity index (χ2v) is 2.76. The first-order valence-corrected chi connectivity index (χ1v) is 4.28. The van der Waals surface area contributed by atoms with Crippen molar-refractivity contribution in [1.29, 1.82) is 0 Å². The minimum absolute atomic E-state index is 0.409. The molecule has 5 heteroatoms. The van der Waals surface area contributed by atoms with Crippen LogP contribution in [0.3, 0.4) is 0 Å². The summed E-state index contributed by atoms with van der Waals surface area (Å²) >= 11 is 0. The number of nitrogens with zero attached hydrogens (tertiary/aromatic N) is 1. The Kier molecular flexibility index (Phi) is 3.77. The fraction of sp³-hybridized carbons (Fsp3) is 0.200. The van der Waals surface area contributed by atoms with Crippen LogP contribution < -0.4 is 5.73 Å². The minimum Gasteiger partial charge on any atom is -0.330 e. The fourth-order valence-corrected chi connectivity index (χ4v) is 0.969. The average molecular weight is 208 g/mol. The third-order valence-corrected chi connectivity index (χ3v) is 1.65. The number of nitrogens with two attached hydrogens (primary N) is 1. The van der Waals surface area contributed by atoms with E-state index < -0.39 is 16.4 Å². The average Bonchev–Trinajstić information content (AvgIpc) is 2.17. The first-order chi connectivity index (χ1) is 7.15. The van der Waals surface area contributed by atoms with Gasteiger partial charge in [-0.15, -0.1) is 0 Å². The zero-order valence-electron chi connectivity index (χ0n) is 7.87. The van der Waals surface area contributed by atoms with Gasteiger partial charge in [-0.3, -0.25) is 10.1 Å². The van der Waals surface area contributed by atoms with Crippen molar-refractivity contribution in [2.24, 2.45) is 5.73 Å². The summed E-state index contributed by atoms with van der Waals surface area (Å²) in [5.41, 5.74) is 5.09. The van der Waals surface area contributed by atoms with Gasteiger partial charge in [0.1, 0.15) is 0 Å². The second-order valence-electron chi connectivity index (χ2n) is 2.76. The van der Waals surface area contributed by atoms with Gasteiger partial charge in [0.25, 0.3) is 0 Å². The topological polar surface area (TPSA) is 69.2 Å². The van der Waals surface area contributed by atoms with Crippen molar-refractivity contribution in [3.05, 3.63) is 39.7 Å². The van der Waals surface area contributed by atoms with Gasteiger partial charge in [-0.25, -0.2) is 0 Å². The molecule has 0 aliphatic rings. The highest BCUT2D eigenvalue weighted by molar-refractivity contribution is 5.42. The highest BCUT2D eigenvalue weighted by atomic mass is 19.1. The van der Waals surface area contributed by atoms with Crippen LogP contribution in [-0.4, -0.2) is 11.5 Å². The first-order valence-electron chi connectivity index (χ1n) is 4.28. The Morgan fingerprint density at radius 1 is 1.53 bits per heavy atom. The summed E-state index contributed by atoms with van der Waals surface area (Å²) in [7, 11) is 0. The summed E-state index contributed by atoms with van der Waals surface area (Å²) < 4.78 is 13.1. The monoisotopic (exact) mass is 208 g/mol. The van der Waals surface area contributed by atoms with E-state index in [1.165, 1.54) is 6.07 Å². The lowest BCUT2D eigenvalue weighted by atomic mass is 10.2. The molecule has 0 saturated heterocycles. The van der Waals surface area contributed by atoms with E-state index in [2.05, 4.69) is 11.8 Å². The van der Waals surface area contributed by atoms with Crippen LogP contribution in [0.15, 0.2) is 18.2 Å². The van der Waals surface area contributed by atoms with Gasteiger partial charge in [0.15, 0.2) is 0 Å². The van der Waals surface area contributed by atoms with Crippen LogP contribution in [0.5, 0.6) is 0 Å². The lowest BCUT2D eigenvalue weighted by Crippen LogP contribution is -1.95. The van der Waals surface area contributed by atoms with Crippen molar-refractivity contribution < 1.29 is 9.31 Å². The van der Waals surface area contributed by atoms with Gasteiger partial charge < -0.3 is 5.73 Å². The molecule has 0 bridgehead atoms. The smallest absolute Gasteiger partial charge is 0.304 e. The highest BCUT2D eigenvalue weighted by Gasteiger charge is 2.12. The molecule has 2 N–H and O–H groups in total. The van der Waals surface area contributed by atoms with Crippen molar-refractivity contribution in [3.63, 3.8) is 0 Å². The van der Waals surface area contributed by atoms with Gasteiger partial charge in [0.05, 0.1) is 4.92 Å². The molecular formula is C10H9FN2O2. The van der Waals surface area contributed by atoms with Crippen molar-refractivity contribution in [2.45, 2.75) is 6.42 Å². The predicted octanol–water partition coefficient (Wildman–Crippen LogP) is 1.43. The molecular weight excluding hydrogens is 199 g/mol. The Balaban J connectivity index is 2.93. The fourth-order valence-electron chi connectivity index (χ4n) is 0.969. The maximum Gasteiger partial charge on any atom is 0.304 e. The van der Waals surface area contributed by atoms with Crippen LogP contribution in [-0.2, 0) is 0 Å². The summed E-state index contributed by atoms with van der Waals surface area (Å²) in [6.07, 6.45) is 0.513. The van der Waals surface area contributed by atoms with E-state index in [0.717, 1.165) is 12.1 Å². The third-order valence-electron chi connectivity index (χ3n) is 1.65. The molecule has 1 aromatic carbocycles. The van der Waals surface area contributed by atoms with E-state index >= 15 is 0 Å². The molecule has 1 rings (SSSR count). The molecule has 0 atom stereocenters. The van der Waals surface area contributed by atoms with Gasteiger partial charge in [-0.05, 0) is 12.1 Å². The van der Waals surface area contributed by atoms with E-state index in [1.54, 1.807) is 0 Å². The van der Waals surface area contributed by atoms with Crippen molar-refractivity contribution in [3.8, 4) is 11.8 Å². The van der Waals surface area contributed by atoms with E-state index in [4.69, 9.17) is 5.73 Å². The first kappa shape index (κ1) is 11.1. The number of benzene rings is 1. The number of rotatable bonds is 2. The molecule has 4 nitrogen and oxygen atoms in total. The van der Waals surface area contributed by atoms with E-state index in [9.17, 15) is 14.5 Å². The van der Waals surface area contributed by atoms with Crippen LogP contribution in [0, 0.1) is 27.8 Å². The standard InChI is InChI=1S/C10H9FN2O2/c11-9-7-8(3-1-2-6-12)4-5-10(9)13(14)15/h4-5,7H,2,6,12H2. The molecule has 15 heavy (non-hydrogen) atoms. The van der Waals surface area contributed by atoms with Gasteiger partial charge in [-0.1, -0.05) is 11.8 Å². The van der Waals surface area contributed by atoms with Crippen molar-refractivity contribution >= 4 is 5.69 Å². The third kappa shape index (κ3) is 3.04. The molecule has 0 heterocycles. The minimum atomic E-state index is -0.875. The van der Waals surface area contributed by atoms with Gasteiger partial charge in [0, 0.05) is 24.6 Å². The molecule has 0 radical (unpaired) electrons. The lowest BCUT2D eigenvalue weighted by molar-refractivity contribution is -0.387. The number of nitro groups is 1. The number of halogens is 1. The zero-order chi connectivity index (χ0) is 11.3. The summed E-state index contributed by atoms with van der Waals surface area (Å²) in [6.45, 7) is 0.433. The molecule has 0 aliphatic heterocycles. The summed E-state index contributed by atoms with van der Waals surface area (Å²) in [4.78, 5) is 9.54. The van der Waals surface area contributed by atoms with E-state index in [1.807, 2.05) is 0 Å². The van der Waals surface area contributed by atoms with Crippen molar-refractivity contribution in [2.75, 3.05) is 6.54 Å². The Morgan fingerprint density at radius 2 is 2.27 bits per heavy atom. The quantitative estimate of drug-likeness (QED) is 0.454. The molecule has 78 valence electrons. The maximum absolute atomic E-state index is 13.1. The molecule has 0 saturated carbocycles. The van der Waals surface area contributed by atoms with E-state index in [-0.39, 0.29) is 0 Å². The summed E-state index contributed by atoms with van der Waals surface area (Å²) in [5.74, 6) is 4.50. The van der Waals surface area contributed by atoms with Gasteiger partial charge >= 0.3 is 5.69 Å². The van der Waals surface area contributed by atoms with Crippen LogP contribution in [0.2, 0.25) is 0 Å².